The van der Waals surface area contributed by atoms with Crippen molar-refractivity contribution in [2.24, 2.45) is 0 Å². The largest absolute Gasteiger partial charge is 0.394 e. The van der Waals surface area contributed by atoms with E-state index < -0.39 is 0 Å². The molecule has 1 aliphatic heterocycles. The van der Waals surface area contributed by atoms with Crippen LogP contribution in [0.4, 0.5) is 0 Å². The molecule has 2 aromatic rings. The van der Waals surface area contributed by atoms with E-state index in [9.17, 15) is 0 Å². The Hall–Kier alpha value is -1.77. The predicted molar refractivity (Wildman–Crippen MR) is 90.9 cm³/mol. The van der Waals surface area contributed by atoms with E-state index in [1.807, 2.05) is 12.4 Å². The summed E-state index contributed by atoms with van der Waals surface area (Å²) in [6.45, 7) is 7.74. The van der Waals surface area contributed by atoms with Crippen LogP contribution in [0.25, 0.3) is 0 Å². The second-order valence-corrected chi connectivity index (χ2v) is 7.09. The second-order valence-electron chi connectivity index (χ2n) is 7.09. The van der Waals surface area contributed by atoms with Crippen molar-refractivity contribution >= 4 is 0 Å². The Balaban J connectivity index is 1.28. The zero-order valence-electron chi connectivity index (χ0n) is 14.7. The molecule has 1 saturated carbocycles. The van der Waals surface area contributed by atoms with Crippen molar-refractivity contribution in [2.75, 3.05) is 32.8 Å². The van der Waals surface area contributed by atoms with Gasteiger partial charge < -0.3 is 9.63 Å². The third-order valence-corrected chi connectivity index (χ3v) is 5.13. The molecule has 2 aromatic heterocycles. The van der Waals surface area contributed by atoms with E-state index in [1.54, 1.807) is 4.68 Å². The van der Waals surface area contributed by atoms with Crippen LogP contribution in [0.1, 0.15) is 49.0 Å². The van der Waals surface area contributed by atoms with Crippen LogP contribution in [-0.2, 0) is 13.1 Å². The van der Waals surface area contributed by atoms with Gasteiger partial charge in [-0.1, -0.05) is 5.16 Å². The van der Waals surface area contributed by atoms with Crippen molar-refractivity contribution in [3.63, 3.8) is 0 Å². The first-order valence-corrected chi connectivity index (χ1v) is 9.15. The fraction of sp³-hybridized carbons (Fsp3) is 0.706. The van der Waals surface area contributed by atoms with Gasteiger partial charge in [-0.05, 0) is 19.8 Å². The van der Waals surface area contributed by atoms with Crippen molar-refractivity contribution in [1.29, 1.82) is 0 Å². The third kappa shape index (κ3) is 3.91. The fourth-order valence-corrected chi connectivity index (χ4v) is 3.36. The molecule has 25 heavy (non-hydrogen) atoms. The number of rotatable bonds is 7. The van der Waals surface area contributed by atoms with Gasteiger partial charge in [0.15, 0.2) is 5.82 Å². The Labute approximate surface area is 147 Å². The van der Waals surface area contributed by atoms with E-state index in [1.165, 1.54) is 18.4 Å². The first-order valence-electron chi connectivity index (χ1n) is 9.15. The highest BCUT2D eigenvalue weighted by Crippen LogP contribution is 2.38. The zero-order chi connectivity index (χ0) is 17.2. The molecule has 0 amide bonds. The zero-order valence-corrected chi connectivity index (χ0v) is 14.7. The summed E-state index contributed by atoms with van der Waals surface area (Å²) in [6, 6.07) is 0.175. The number of aliphatic hydroxyl groups excluding tert-OH is 1. The number of aliphatic hydroxyl groups is 1. The predicted octanol–water partition coefficient (Wildman–Crippen LogP) is 1.01. The average Bonchev–Trinajstić information content (AvgIpc) is 3.19. The number of aromatic nitrogens is 4. The fourth-order valence-electron chi connectivity index (χ4n) is 3.36. The summed E-state index contributed by atoms with van der Waals surface area (Å²) >= 11 is 0. The van der Waals surface area contributed by atoms with Crippen molar-refractivity contribution in [1.82, 2.24) is 29.7 Å². The van der Waals surface area contributed by atoms with Gasteiger partial charge >= 0.3 is 0 Å². The Kier molecular flexibility index (Phi) is 4.82. The van der Waals surface area contributed by atoms with Crippen LogP contribution < -0.4 is 0 Å². The van der Waals surface area contributed by atoms with Gasteiger partial charge in [-0.15, -0.1) is 0 Å². The van der Waals surface area contributed by atoms with Gasteiger partial charge in [-0.2, -0.15) is 10.1 Å². The molecule has 8 heteroatoms. The van der Waals surface area contributed by atoms with Gasteiger partial charge in [0.25, 0.3) is 0 Å². The first kappa shape index (κ1) is 16.7. The highest BCUT2D eigenvalue weighted by molar-refractivity contribution is 5.06. The maximum atomic E-state index is 8.97. The van der Waals surface area contributed by atoms with Crippen molar-refractivity contribution < 1.29 is 9.63 Å². The van der Waals surface area contributed by atoms with Gasteiger partial charge in [0.1, 0.15) is 0 Å². The highest BCUT2D eigenvalue weighted by Gasteiger charge is 2.31. The maximum absolute atomic E-state index is 8.97. The van der Waals surface area contributed by atoms with Gasteiger partial charge in [0.2, 0.25) is 5.89 Å². The summed E-state index contributed by atoms with van der Waals surface area (Å²) in [5.74, 6) is 2.18. The number of hydrogen-bond donors (Lipinski definition) is 1. The minimum absolute atomic E-state index is 0.121. The Morgan fingerprint density at radius 2 is 2.08 bits per heavy atom. The molecule has 0 radical (unpaired) electrons. The van der Waals surface area contributed by atoms with E-state index in [4.69, 9.17) is 9.63 Å². The van der Waals surface area contributed by atoms with Crippen LogP contribution in [0.5, 0.6) is 0 Å². The molecular formula is C17H26N6O2. The molecule has 0 aromatic carbocycles. The summed E-state index contributed by atoms with van der Waals surface area (Å²) in [6.07, 6.45) is 6.30. The van der Waals surface area contributed by atoms with Crippen molar-refractivity contribution in [2.45, 2.75) is 44.8 Å². The lowest BCUT2D eigenvalue weighted by Crippen LogP contribution is -2.46. The average molecular weight is 346 g/mol. The summed E-state index contributed by atoms with van der Waals surface area (Å²) < 4.78 is 7.27. The molecule has 1 N–H and O–H groups in total. The molecule has 0 bridgehead atoms. The number of nitrogens with zero attached hydrogens (tertiary/aromatic N) is 6. The number of hydrogen-bond acceptors (Lipinski definition) is 7. The lowest BCUT2D eigenvalue weighted by Gasteiger charge is -2.36. The second kappa shape index (κ2) is 7.23. The summed E-state index contributed by atoms with van der Waals surface area (Å²) in [7, 11) is 0. The Bertz CT molecular complexity index is 687. The molecule has 1 aliphatic carbocycles. The summed E-state index contributed by atoms with van der Waals surface area (Å²) in [4.78, 5) is 9.44. The molecule has 2 fully saturated rings. The van der Waals surface area contributed by atoms with Crippen LogP contribution in [0.15, 0.2) is 16.9 Å². The monoisotopic (exact) mass is 346 g/mol. The molecule has 4 rings (SSSR count). The molecule has 8 nitrogen and oxygen atoms in total. The van der Waals surface area contributed by atoms with E-state index in [0.29, 0.717) is 12.5 Å². The molecule has 1 saturated heterocycles. The maximum Gasteiger partial charge on any atom is 0.243 e. The molecule has 136 valence electrons. The first-order chi connectivity index (χ1) is 12.2. The van der Waals surface area contributed by atoms with Crippen LogP contribution in [-0.4, -0.2) is 67.6 Å². The standard InChI is InChI=1S/C17H26N6O2/c1-13(17-19-16(20-25-17)15-2-3-15)22-6-4-21(5-7-22)11-14-10-18-23(12-14)8-9-24/h10,12-13,15,24H,2-9,11H2,1H3/t13-/m0/s1. The molecule has 0 unspecified atom stereocenters. The third-order valence-electron chi connectivity index (χ3n) is 5.13. The van der Waals surface area contributed by atoms with Crippen LogP contribution in [0.3, 0.4) is 0 Å². The Morgan fingerprint density at radius 1 is 1.28 bits per heavy atom. The van der Waals surface area contributed by atoms with E-state index in [-0.39, 0.29) is 12.6 Å². The SMILES string of the molecule is C[C@@H](c1nc(C2CC2)no1)N1CCN(Cc2cnn(CCO)c2)CC1. The normalized spacial score (nSPS) is 20.9. The van der Waals surface area contributed by atoms with Crippen molar-refractivity contribution in [3.05, 3.63) is 29.7 Å². The van der Waals surface area contributed by atoms with Crippen LogP contribution in [0.2, 0.25) is 0 Å². The highest BCUT2D eigenvalue weighted by atomic mass is 16.5. The van der Waals surface area contributed by atoms with E-state index in [0.717, 1.165) is 44.4 Å². The summed E-state index contributed by atoms with van der Waals surface area (Å²) in [5.41, 5.74) is 1.20. The van der Waals surface area contributed by atoms with Crippen LogP contribution >= 0.6 is 0 Å². The van der Waals surface area contributed by atoms with Crippen LogP contribution in [0, 0.1) is 0 Å². The van der Waals surface area contributed by atoms with E-state index in [2.05, 4.69) is 32.0 Å². The molecule has 0 spiro atoms. The smallest absolute Gasteiger partial charge is 0.243 e. The topological polar surface area (TPSA) is 83.5 Å². The van der Waals surface area contributed by atoms with Gasteiger partial charge in [-0.3, -0.25) is 14.5 Å². The number of piperazine rings is 1. The lowest BCUT2D eigenvalue weighted by molar-refractivity contribution is 0.0845. The molecular weight excluding hydrogens is 320 g/mol. The van der Waals surface area contributed by atoms with Gasteiger partial charge in [-0.25, -0.2) is 0 Å². The quantitative estimate of drug-likeness (QED) is 0.801. The van der Waals surface area contributed by atoms with Gasteiger partial charge in [0, 0.05) is 50.4 Å². The molecule has 2 aliphatic rings. The lowest BCUT2D eigenvalue weighted by atomic mass is 10.2. The van der Waals surface area contributed by atoms with Crippen molar-refractivity contribution in [3.8, 4) is 0 Å². The minimum atomic E-state index is 0.121. The summed E-state index contributed by atoms with van der Waals surface area (Å²) in [5, 5.41) is 17.4. The Morgan fingerprint density at radius 3 is 2.80 bits per heavy atom. The minimum Gasteiger partial charge on any atom is -0.394 e. The molecule has 3 heterocycles. The van der Waals surface area contributed by atoms with E-state index >= 15 is 0 Å². The van der Waals surface area contributed by atoms with Gasteiger partial charge in [0.05, 0.1) is 25.4 Å². The molecule has 1 atom stereocenters.